The molecule has 20 heavy (non-hydrogen) atoms. The highest BCUT2D eigenvalue weighted by Gasteiger charge is 2.27. The van der Waals surface area contributed by atoms with Gasteiger partial charge in [0.25, 0.3) is 0 Å². The molecule has 2 rings (SSSR count). The Kier molecular flexibility index (Phi) is 4.93. The van der Waals surface area contributed by atoms with Gasteiger partial charge in [-0.25, -0.2) is 0 Å². The van der Waals surface area contributed by atoms with Gasteiger partial charge in [-0.2, -0.15) is 9.37 Å². The number of aromatic nitrogens is 1. The van der Waals surface area contributed by atoms with Crippen molar-refractivity contribution in [1.82, 2.24) is 9.88 Å². The molecular weight excluding hydrogens is 259 g/mol. The Balaban J connectivity index is 1.81. The zero-order chi connectivity index (χ0) is 14.5. The molecule has 1 aromatic rings. The van der Waals surface area contributed by atoms with Crippen molar-refractivity contribution in [1.29, 1.82) is 0 Å². The summed E-state index contributed by atoms with van der Waals surface area (Å²) in [6.07, 6.45) is 2.17. The lowest BCUT2D eigenvalue weighted by atomic mass is 10.1. The molecule has 1 saturated heterocycles. The molecule has 0 aromatic carbocycles. The van der Waals surface area contributed by atoms with Crippen LogP contribution in [0.15, 0.2) is 18.2 Å². The van der Waals surface area contributed by atoms with Gasteiger partial charge in [-0.15, -0.1) is 0 Å². The highest BCUT2D eigenvalue weighted by atomic mass is 19.1. The number of likely N-dealkylation sites (tertiary alicyclic amines) is 1. The third kappa shape index (κ3) is 4.18. The number of carbonyl (C=O) groups excluding carboxylic acids is 1. The molecule has 0 saturated carbocycles. The second kappa shape index (κ2) is 6.68. The fourth-order valence-corrected chi connectivity index (χ4v) is 2.25. The molecule has 4 nitrogen and oxygen atoms in total. The van der Waals surface area contributed by atoms with Crippen molar-refractivity contribution in [3.05, 3.63) is 24.1 Å². The second-order valence-corrected chi connectivity index (χ2v) is 5.60. The minimum absolute atomic E-state index is 0.0905. The van der Waals surface area contributed by atoms with Gasteiger partial charge in [-0.3, -0.25) is 4.79 Å². The average Bonchev–Trinajstić information content (AvgIpc) is 2.84. The van der Waals surface area contributed by atoms with Gasteiger partial charge < -0.3 is 9.64 Å². The maximum Gasteiger partial charge on any atom is 0.222 e. The summed E-state index contributed by atoms with van der Waals surface area (Å²) in [6.45, 7) is 5.49. The summed E-state index contributed by atoms with van der Waals surface area (Å²) in [7, 11) is 0. The number of carbonyl (C=O) groups is 1. The van der Waals surface area contributed by atoms with E-state index in [1.54, 1.807) is 12.1 Å². The number of rotatable bonds is 5. The van der Waals surface area contributed by atoms with Crippen molar-refractivity contribution >= 4 is 5.91 Å². The second-order valence-electron chi connectivity index (χ2n) is 5.60. The van der Waals surface area contributed by atoms with Gasteiger partial charge >= 0.3 is 0 Å². The Bertz CT molecular complexity index is 465. The standard InChI is InChI=1S/C15H21FN2O2/c1-11(2)6-7-15(19)18-9-8-12(10-18)20-14-5-3-4-13(16)17-14/h3-5,11-12H,6-10H2,1-2H3. The maximum absolute atomic E-state index is 13.0. The van der Waals surface area contributed by atoms with E-state index < -0.39 is 5.95 Å². The molecule has 1 amide bonds. The summed E-state index contributed by atoms with van der Waals surface area (Å²) in [5.74, 6) is 0.443. The number of hydrogen-bond acceptors (Lipinski definition) is 3. The first-order valence-electron chi connectivity index (χ1n) is 7.11. The van der Waals surface area contributed by atoms with E-state index >= 15 is 0 Å². The highest BCUT2D eigenvalue weighted by molar-refractivity contribution is 5.76. The third-order valence-electron chi connectivity index (χ3n) is 3.41. The predicted molar refractivity (Wildman–Crippen MR) is 73.9 cm³/mol. The van der Waals surface area contributed by atoms with Gasteiger partial charge in [0.05, 0.1) is 6.54 Å². The third-order valence-corrected chi connectivity index (χ3v) is 3.41. The van der Waals surface area contributed by atoms with Gasteiger partial charge in [0.2, 0.25) is 17.7 Å². The van der Waals surface area contributed by atoms with E-state index in [2.05, 4.69) is 18.8 Å². The van der Waals surface area contributed by atoms with Gasteiger partial charge in [0.15, 0.2) is 0 Å². The molecule has 1 aliphatic rings. The number of halogens is 1. The van der Waals surface area contributed by atoms with Crippen LogP contribution < -0.4 is 4.74 Å². The molecule has 0 radical (unpaired) electrons. The van der Waals surface area contributed by atoms with Crippen LogP contribution >= 0.6 is 0 Å². The van der Waals surface area contributed by atoms with E-state index in [1.807, 2.05) is 4.90 Å². The first-order chi connectivity index (χ1) is 9.54. The summed E-state index contributed by atoms with van der Waals surface area (Å²) in [6, 6.07) is 4.48. The molecular formula is C15H21FN2O2. The summed E-state index contributed by atoms with van der Waals surface area (Å²) in [4.78, 5) is 17.5. The van der Waals surface area contributed by atoms with Crippen LogP contribution in [0.2, 0.25) is 0 Å². The SMILES string of the molecule is CC(C)CCC(=O)N1CCC(Oc2cccc(F)n2)C1. The van der Waals surface area contributed by atoms with Gasteiger partial charge in [-0.1, -0.05) is 19.9 Å². The van der Waals surface area contributed by atoms with Crippen LogP contribution in [0.1, 0.15) is 33.1 Å². The van der Waals surface area contributed by atoms with Crippen molar-refractivity contribution in [3.8, 4) is 5.88 Å². The minimum atomic E-state index is -0.551. The van der Waals surface area contributed by atoms with E-state index in [-0.39, 0.29) is 17.9 Å². The Hall–Kier alpha value is -1.65. The summed E-state index contributed by atoms with van der Waals surface area (Å²) in [5.41, 5.74) is 0. The molecule has 0 spiro atoms. The number of pyridine rings is 1. The first-order valence-corrected chi connectivity index (χ1v) is 7.11. The quantitative estimate of drug-likeness (QED) is 0.779. The molecule has 110 valence electrons. The van der Waals surface area contributed by atoms with Crippen LogP contribution in [-0.4, -0.2) is 35.0 Å². The Morgan fingerprint density at radius 3 is 3.05 bits per heavy atom. The number of nitrogens with zero attached hydrogens (tertiary/aromatic N) is 2. The molecule has 1 aromatic heterocycles. The highest BCUT2D eigenvalue weighted by Crippen LogP contribution is 2.18. The lowest BCUT2D eigenvalue weighted by Crippen LogP contribution is -2.31. The van der Waals surface area contributed by atoms with Gasteiger partial charge in [-0.05, 0) is 18.4 Å². The molecule has 1 atom stereocenters. The van der Waals surface area contributed by atoms with Crippen molar-refractivity contribution in [2.24, 2.45) is 5.92 Å². The zero-order valence-corrected chi connectivity index (χ0v) is 12.0. The monoisotopic (exact) mass is 280 g/mol. The first kappa shape index (κ1) is 14.8. The largest absolute Gasteiger partial charge is 0.472 e. The van der Waals surface area contributed by atoms with Gasteiger partial charge in [0.1, 0.15) is 6.10 Å². The van der Waals surface area contributed by atoms with Crippen LogP contribution in [0.3, 0.4) is 0 Å². The average molecular weight is 280 g/mol. The number of ether oxygens (including phenoxy) is 1. The van der Waals surface area contributed by atoms with E-state index in [0.29, 0.717) is 25.4 Å². The van der Waals surface area contributed by atoms with E-state index in [4.69, 9.17) is 4.74 Å². The van der Waals surface area contributed by atoms with E-state index in [1.165, 1.54) is 6.07 Å². The fraction of sp³-hybridized carbons (Fsp3) is 0.600. The lowest BCUT2D eigenvalue weighted by molar-refractivity contribution is -0.130. The Morgan fingerprint density at radius 2 is 2.35 bits per heavy atom. The predicted octanol–water partition coefficient (Wildman–Crippen LogP) is 2.64. The molecule has 0 aliphatic carbocycles. The number of amides is 1. The van der Waals surface area contributed by atoms with E-state index in [9.17, 15) is 9.18 Å². The molecule has 2 heterocycles. The molecule has 5 heteroatoms. The molecule has 0 bridgehead atoms. The minimum Gasteiger partial charge on any atom is -0.472 e. The van der Waals surface area contributed by atoms with Crippen molar-refractivity contribution < 1.29 is 13.9 Å². The summed E-state index contributed by atoms with van der Waals surface area (Å²) < 4.78 is 18.6. The summed E-state index contributed by atoms with van der Waals surface area (Å²) >= 11 is 0. The Labute approximate surface area is 118 Å². The van der Waals surface area contributed by atoms with E-state index in [0.717, 1.165) is 12.8 Å². The zero-order valence-electron chi connectivity index (χ0n) is 12.0. The normalized spacial score (nSPS) is 18.6. The van der Waals surface area contributed by atoms with Crippen molar-refractivity contribution in [2.45, 2.75) is 39.2 Å². The van der Waals surface area contributed by atoms with Crippen LogP contribution in [0.25, 0.3) is 0 Å². The maximum atomic E-state index is 13.0. The smallest absolute Gasteiger partial charge is 0.222 e. The van der Waals surface area contributed by atoms with Crippen LogP contribution in [0.4, 0.5) is 4.39 Å². The number of hydrogen-bond donors (Lipinski definition) is 0. The van der Waals surface area contributed by atoms with Crippen LogP contribution in [-0.2, 0) is 4.79 Å². The Morgan fingerprint density at radius 1 is 1.55 bits per heavy atom. The van der Waals surface area contributed by atoms with Crippen molar-refractivity contribution in [3.63, 3.8) is 0 Å². The molecule has 1 unspecified atom stereocenters. The lowest BCUT2D eigenvalue weighted by Gasteiger charge is -2.17. The molecule has 1 fully saturated rings. The van der Waals surface area contributed by atoms with Crippen LogP contribution in [0, 0.1) is 11.9 Å². The van der Waals surface area contributed by atoms with Gasteiger partial charge in [0, 0.05) is 25.5 Å². The fourth-order valence-electron chi connectivity index (χ4n) is 2.25. The topological polar surface area (TPSA) is 42.4 Å². The van der Waals surface area contributed by atoms with Crippen LogP contribution in [0.5, 0.6) is 5.88 Å². The summed E-state index contributed by atoms with van der Waals surface area (Å²) in [5, 5.41) is 0. The molecule has 1 aliphatic heterocycles. The molecule has 0 N–H and O–H groups in total. The van der Waals surface area contributed by atoms with Crippen molar-refractivity contribution in [2.75, 3.05) is 13.1 Å².